The highest BCUT2D eigenvalue weighted by Crippen LogP contribution is 2.08. The minimum absolute atomic E-state index is 0.206. The average Bonchev–Trinajstić information content (AvgIpc) is 2.96. The van der Waals surface area contributed by atoms with Gasteiger partial charge in [-0.3, -0.25) is 9.48 Å². The van der Waals surface area contributed by atoms with Crippen LogP contribution in [-0.4, -0.2) is 39.4 Å². The van der Waals surface area contributed by atoms with Crippen molar-refractivity contribution in [3.8, 4) is 6.07 Å². The summed E-state index contributed by atoms with van der Waals surface area (Å²) in [7, 11) is 1.70. The largest absolute Gasteiger partial charge is 0.336 e. The molecule has 1 heterocycles. The predicted molar refractivity (Wildman–Crippen MR) is 76.0 cm³/mol. The lowest BCUT2D eigenvalue weighted by Gasteiger charge is -2.15. The zero-order valence-electron chi connectivity index (χ0n) is 11.7. The summed E-state index contributed by atoms with van der Waals surface area (Å²) in [4.78, 5) is 13.8. The van der Waals surface area contributed by atoms with Gasteiger partial charge in [0.15, 0.2) is 5.69 Å². The smallest absolute Gasteiger partial charge is 0.276 e. The third-order valence-corrected chi connectivity index (χ3v) is 2.97. The summed E-state index contributed by atoms with van der Waals surface area (Å²) in [5.74, 6) is -0.206. The summed E-state index contributed by atoms with van der Waals surface area (Å²) < 4.78 is 1.54. The molecule has 0 aliphatic carbocycles. The SMILES string of the molecule is CN(Cc1ccc(C#N)cc1)C(=O)c1cn(CCN)nn1. The van der Waals surface area contributed by atoms with E-state index in [2.05, 4.69) is 16.4 Å². The number of carbonyl (C=O) groups is 1. The molecule has 7 nitrogen and oxygen atoms in total. The fourth-order valence-corrected chi connectivity index (χ4v) is 1.86. The van der Waals surface area contributed by atoms with Crippen molar-refractivity contribution in [2.24, 2.45) is 5.73 Å². The first-order valence-electron chi connectivity index (χ1n) is 6.48. The third-order valence-electron chi connectivity index (χ3n) is 2.97. The Labute approximate surface area is 122 Å². The number of hydrogen-bond donors (Lipinski definition) is 1. The molecule has 1 aromatic heterocycles. The molecule has 0 aliphatic heterocycles. The van der Waals surface area contributed by atoms with Crippen molar-refractivity contribution in [2.75, 3.05) is 13.6 Å². The summed E-state index contributed by atoms with van der Waals surface area (Å²) >= 11 is 0. The number of nitrogens with two attached hydrogens (primary N) is 1. The minimum atomic E-state index is -0.206. The average molecular weight is 284 g/mol. The molecule has 0 saturated heterocycles. The summed E-state index contributed by atoms with van der Waals surface area (Å²) in [5.41, 5.74) is 7.25. The van der Waals surface area contributed by atoms with Gasteiger partial charge in [0.2, 0.25) is 0 Å². The van der Waals surface area contributed by atoms with Crippen molar-refractivity contribution in [1.29, 1.82) is 5.26 Å². The number of benzene rings is 1. The number of aromatic nitrogens is 3. The molecule has 0 aliphatic rings. The first kappa shape index (κ1) is 14.7. The van der Waals surface area contributed by atoms with E-state index in [-0.39, 0.29) is 5.91 Å². The molecule has 0 bridgehead atoms. The van der Waals surface area contributed by atoms with Crippen molar-refractivity contribution in [3.05, 3.63) is 47.3 Å². The standard InChI is InChI=1S/C14H16N6O/c1-19(9-12-4-2-11(8-16)3-5-12)14(21)13-10-20(7-6-15)18-17-13/h2-5,10H,6-7,9,15H2,1H3. The van der Waals surface area contributed by atoms with Gasteiger partial charge in [0.05, 0.1) is 24.4 Å². The third kappa shape index (κ3) is 3.64. The molecule has 21 heavy (non-hydrogen) atoms. The van der Waals surface area contributed by atoms with Crippen LogP contribution in [0.4, 0.5) is 0 Å². The topological polar surface area (TPSA) is 101 Å². The van der Waals surface area contributed by atoms with Crippen LogP contribution in [-0.2, 0) is 13.1 Å². The minimum Gasteiger partial charge on any atom is -0.336 e. The van der Waals surface area contributed by atoms with Crippen molar-refractivity contribution >= 4 is 5.91 Å². The molecular weight excluding hydrogens is 268 g/mol. The molecule has 2 N–H and O–H groups in total. The summed E-state index contributed by atoms with van der Waals surface area (Å²) in [6.45, 7) is 1.41. The zero-order chi connectivity index (χ0) is 15.2. The van der Waals surface area contributed by atoms with Crippen molar-refractivity contribution in [3.63, 3.8) is 0 Å². The number of carbonyl (C=O) groups excluding carboxylic acids is 1. The Bertz CT molecular complexity index is 655. The summed E-state index contributed by atoms with van der Waals surface area (Å²) in [6.07, 6.45) is 1.59. The Kier molecular flexibility index (Phi) is 4.64. The van der Waals surface area contributed by atoms with Gasteiger partial charge >= 0.3 is 0 Å². The van der Waals surface area contributed by atoms with E-state index in [9.17, 15) is 4.79 Å². The van der Waals surface area contributed by atoms with Gasteiger partial charge in [-0.05, 0) is 17.7 Å². The normalized spacial score (nSPS) is 10.1. The molecule has 108 valence electrons. The van der Waals surface area contributed by atoms with Crippen molar-refractivity contribution in [2.45, 2.75) is 13.1 Å². The highest BCUT2D eigenvalue weighted by Gasteiger charge is 2.15. The molecule has 0 saturated carbocycles. The molecule has 0 radical (unpaired) electrons. The predicted octanol–water partition coefficient (Wildman–Crippen LogP) is 0.381. The highest BCUT2D eigenvalue weighted by molar-refractivity contribution is 5.91. The number of rotatable bonds is 5. The van der Waals surface area contributed by atoms with Crippen LogP contribution < -0.4 is 5.73 Å². The van der Waals surface area contributed by atoms with E-state index in [1.807, 2.05) is 12.1 Å². The van der Waals surface area contributed by atoms with Gasteiger partial charge in [0.25, 0.3) is 5.91 Å². The second-order valence-electron chi connectivity index (χ2n) is 4.63. The Morgan fingerprint density at radius 2 is 2.14 bits per heavy atom. The first-order valence-corrected chi connectivity index (χ1v) is 6.48. The monoisotopic (exact) mass is 284 g/mol. The molecule has 2 aromatic rings. The van der Waals surface area contributed by atoms with Gasteiger partial charge in [-0.25, -0.2) is 0 Å². The number of nitriles is 1. The molecule has 1 amide bonds. The Morgan fingerprint density at radius 1 is 1.43 bits per heavy atom. The van der Waals surface area contributed by atoms with Crippen molar-refractivity contribution < 1.29 is 4.79 Å². The van der Waals surface area contributed by atoms with Crippen LogP contribution in [0.3, 0.4) is 0 Å². The lowest BCUT2D eigenvalue weighted by molar-refractivity contribution is 0.0779. The van der Waals surface area contributed by atoms with E-state index >= 15 is 0 Å². The molecule has 0 atom stereocenters. The van der Waals surface area contributed by atoms with E-state index in [1.165, 1.54) is 0 Å². The summed E-state index contributed by atoms with van der Waals surface area (Å²) in [5, 5.41) is 16.4. The maximum atomic E-state index is 12.2. The van der Waals surface area contributed by atoms with Crippen LogP contribution in [0.15, 0.2) is 30.5 Å². The van der Waals surface area contributed by atoms with Gasteiger partial charge in [-0.1, -0.05) is 17.3 Å². The zero-order valence-corrected chi connectivity index (χ0v) is 11.7. The van der Waals surface area contributed by atoms with Gasteiger partial charge in [0, 0.05) is 20.1 Å². The van der Waals surface area contributed by atoms with Crippen LogP contribution in [0.2, 0.25) is 0 Å². The maximum Gasteiger partial charge on any atom is 0.276 e. The Hall–Kier alpha value is -2.72. The maximum absolute atomic E-state index is 12.2. The summed E-state index contributed by atoms with van der Waals surface area (Å²) in [6, 6.07) is 9.17. The number of amides is 1. The molecule has 7 heteroatoms. The Balaban J connectivity index is 2.02. The van der Waals surface area contributed by atoms with E-state index < -0.39 is 0 Å². The van der Waals surface area contributed by atoms with E-state index in [1.54, 1.807) is 35.0 Å². The van der Waals surface area contributed by atoms with Gasteiger partial charge in [-0.2, -0.15) is 5.26 Å². The molecule has 2 rings (SSSR count). The first-order chi connectivity index (χ1) is 10.1. The van der Waals surface area contributed by atoms with Crippen LogP contribution in [0.1, 0.15) is 21.6 Å². The highest BCUT2D eigenvalue weighted by atomic mass is 16.2. The van der Waals surface area contributed by atoms with Crippen LogP contribution in [0.25, 0.3) is 0 Å². The van der Waals surface area contributed by atoms with Gasteiger partial charge in [0.1, 0.15) is 0 Å². The van der Waals surface area contributed by atoms with E-state index in [0.717, 1.165) is 5.56 Å². The van der Waals surface area contributed by atoms with Gasteiger partial charge in [-0.15, -0.1) is 5.10 Å². The lowest BCUT2D eigenvalue weighted by atomic mass is 10.1. The molecular formula is C14H16N6O. The second kappa shape index (κ2) is 6.63. The fraction of sp³-hybridized carbons (Fsp3) is 0.286. The Morgan fingerprint density at radius 3 is 2.76 bits per heavy atom. The van der Waals surface area contributed by atoms with E-state index in [0.29, 0.717) is 30.9 Å². The van der Waals surface area contributed by atoms with Crippen LogP contribution in [0.5, 0.6) is 0 Å². The second-order valence-corrected chi connectivity index (χ2v) is 4.63. The molecule has 0 fully saturated rings. The molecule has 0 spiro atoms. The fourth-order valence-electron chi connectivity index (χ4n) is 1.86. The van der Waals surface area contributed by atoms with Gasteiger partial charge < -0.3 is 10.6 Å². The molecule has 1 aromatic carbocycles. The molecule has 0 unspecified atom stereocenters. The number of nitrogens with zero attached hydrogens (tertiary/aromatic N) is 5. The lowest BCUT2D eigenvalue weighted by Crippen LogP contribution is -2.26. The van der Waals surface area contributed by atoms with Crippen LogP contribution in [0, 0.1) is 11.3 Å². The quantitative estimate of drug-likeness (QED) is 0.855. The number of hydrogen-bond acceptors (Lipinski definition) is 5. The van der Waals surface area contributed by atoms with Crippen molar-refractivity contribution in [1.82, 2.24) is 19.9 Å². The van der Waals surface area contributed by atoms with Crippen LogP contribution >= 0.6 is 0 Å². The van der Waals surface area contributed by atoms with E-state index in [4.69, 9.17) is 11.0 Å².